The Bertz CT molecular complexity index is 1400. The van der Waals surface area contributed by atoms with E-state index in [1.807, 2.05) is 29.6 Å². The van der Waals surface area contributed by atoms with Crippen LogP contribution in [0.25, 0.3) is 11.3 Å². The minimum atomic E-state index is -3.86. The third-order valence-electron chi connectivity index (χ3n) is 4.89. The number of nitrogens with zero attached hydrogens (tertiary/aromatic N) is 1. The summed E-state index contributed by atoms with van der Waals surface area (Å²) in [4.78, 5) is 17.1. The zero-order chi connectivity index (χ0) is 24.1. The minimum absolute atomic E-state index is 0.0194. The Morgan fingerprint density at radius 1 is 0.912 bits per heavy atom. The molecule has 0 atom stereocenters. The molecule has 1 amide bonds. The number of benzene rings is 3. The number of hydrogen-bond acceptors (Lipinski definition) is 7. The van der Waals surface area contributed by atoms with Crippen molar-refractivity contribution in [3.8, 4) is 22.8 Å². The first-order chi connectivity index (χ1) is 16.4. The number of hydrogen-bond donors (Lipinski definition) is 2. The Morgan fingerprint density at radius 2 is 1.62 bits per heavy atom. The molecule has 1 aromatic heterocycles. The van der Waals surface area contributed by atoms with Crippen LogP contribution < -0.4 is 19.5 Å². The lowest BCUT2D eigenvalue weighted by molar-refractivity contribution is 0.102. The van der Waals surface area contributed by atoms with Gasteiger partial charge in [-0.2, -0.15) is 0 Å². The molecular weight excluding hydrogens is 474 g/mol. The van der Waals surface area contributed by atoms with Crippen LogP contribution in [-0.2, 0) is 10.0 Å². The summed E-state index contributed by atoms with van der Waals surface area (Å²) in [6.45, 7) is 0. The van der Waals surface area contributed by atoms with E-state index in [1.54, 1.807) is 31.4 Å². The fourth-order valence-electron chi connectivity index (χ4n) is 3.11. The van der Waals surface area contributed by atoms with E-state index in [1.165, 1.54) is 42.7 Å². The predicted octanol–water partition coefficient (Wildman–Crippen LogP) is 4.88. The molecular formula is C24H21N3O5S2. The van der Waals surface area contributed by atoms with Gasteiger partial charge in [-0.25, -0.2) is 13.4 Å². The average Bonchev–Trinajstić information content (AvgIpc) is 3.32. The number of sulfonamides is 1. The fourth-order valence-corrected chi connectivity index (χ4v) is 4.90. The summed E-state index contributed by atoms with van der Waals surface area (Å²) in [6.07, 6.45) is 0. The van der Waals surface area contributed by atoms with Crippen molar-refractivity contribution in [1.82, 2.24) is 4.98 Å². The van der Waals surface area contributed by atoms with Gasteiger partial charge >= 0.3 is 0 Å². The molecule has 0 saturated carbocycles. The zero-order valence-corrected chi connectivity index (χ0v) is 19.9. The SMILES string of the molecule is COc1ccc(-c2csc(NC(=O)c3ccc(S(=O)(=O)Nc4ccccc4OC)cc3)n2)cc1. The van der Waals surface area contributed by atoms with Gasteiger partial charge in [0.2, 0.25) is 0 Å². The van der Waals surface area contributed by atoms with Crippen molar-refractivity contribution in [2.45, 2.75) is 4.90 Å². The smallest absolute Gasteiger partial charge is 0.262 e. The topological polar surface area (TPSA) is 107 Å². The van der Waals surface area contributed by atoms with Crippen LogP contribution in [0.5, 0.6) is 11.5 Å². The summed E-state index contributed by atoms with van der Waals surface area (Å²) in [5.41, 5.74) is 2.25. The molecule has 34 heavy (non-hydrogen) atoms. The highest BCUT2D eigenvalue weighted by molar-refractivity contribution is 7.92. The van der Waals surface area contributed by atoms with Crippen LogP contribution in [0.2, 0.25) is 0 Å². The van der Waals surface area contributed by atoms with E-state index in [0.29, 0.717) is 22.1 Å². The Morgan fingerprint density at radius 3 is 2.29 bits per heavy atom. The summed E-state index contributed by atoms with van der Waals surface area (Å²) in [5.74, 6) is 0.757. The average molecular weight is 496 g/mol. The van der Waals surface area contributed by atoms with Crippen LogP contribution in [-0.4, -0.2) is 33.5 Å². The maximum absolute atomic E-state index is 12.7. The molecule has 0 spiro atoms. The van der Waals surface area contributed by atoms with Gasteiger partial charge in [0.15, 0.2) is 5.13 Å². The van der Waals surface area contributed by atoms with Crippen molar-refractivity contribution in [3.63, 3.8) is 0 Å². The third-order valence-corrected chi connectivity index (χ3v) is 7.03. The second kappa shape index (κ2) is 9.94. The number of amides is 1. The van der Waals surface area contributed by atoms with Crippen molar-refractivity contribution in [3.05, 3.63) is 83.7 Å². The number of nitrogens with one attached hydrogen (secondary N) is 2. The summed E-state index contributed by atoms with van der Waals surface area (Å²) < 4.78 is 38.3. The highest BCUT2D eigenvalue weighted by atomic mass is 32.2. The molecule has 4 rings (SSSR count). The standard InChI is InChI=1S/C24H21N3O5S2/c1-31-18-11-7-16(8-12-18)21-15-33-24(25-21)26-23(28)17-9-13-19(14-10-17)34(29,30)27-20-5-3-4-6-22(20)32-2/h3-15,27H,1-2H3,(H,25,26,28). The molecule has 174 valence electrons. The molecule has 0 radical (unpaired) electrons. The van der Waals surface area contributed by atoms with Crippen LogP contribution >= 0.6 is 11.3 Å². The summed E-state index contributed by atoms with van der Waals surface area (Å²) >= 11 is 1.30. The van der Waals surface area contributed by atoms with Crippen molar-refractivity contribution >= 4 is 38.1 Å². The first-order valence-electron chi connectivity index (χ1n) is 10.1. The number of para-hydroxylation sites is 2. The number of ether oxygens (including phenoxy) is 2. The highest BCUT2D eigenvalue weighted by Gasteiger charge is 2.17. The van der Waals surface area contributed by atoms with Crippen LogP contribution in [0.4, 0.5) is 10.8 Å². The fraction of sp³-hybridized carbons (Fsp3) is 0.0833. The highest BCUT2D eigenvalue weighted by Crippen LogP contribution is 2.28. The van der Waals surface area contributed by atoms with E-state index in [2.05, 4.69) is 15.0 Å². The molecule has 2 N–H and O–H groups in total. The molecule has 0 aliphatic carbocycles. The lowest BCUT2D eigenvalue weighted by Gasteiger charge is -2.12. The number of thiazole rings is 1. The molecule has 1 heterocycles. The number of methoxy groups -OCH3 is 2. The lowest BCUT2D eigenvalue weighted by Crippen LogP contribution is -2.15. The number of carbonyl (C=O) groups is 1. The summed E-state index contributed by atoms with van der Waals surface area (Å²) in [5, 5.41) is 5.03. The number of rotatable bonds is 8. The van der Waals surface area contributed by atoms with Gasteiger partial charge in [0, 0.05) is 16.5 Å². The van der Waals surface area contributed by atoms with E-state index in [4.69, 9.17) is 9.47 Å². The Hall–Kier alpha value is -3.89. The quantitative estimate of drug-likeness (QED) is 0.361. The van der Waals surface area contributed by atoms with Crippen molar-refractivity contribution in [2.24, 2.45) is 0 Å². The second-order valence-electron chi connectivity index (χ2n) is 7.05. The van der Waals surface area contributed by atoms with Gasteiger partial charge in [0.25, 0.3) is 15.9 Å². The minimum Gasteiger partial charge on any atom is -0.497 e. The van der Waals surface area contributed by atoms with Crippen molar-refractivity contribution in [2.75, 3.05) is 24.3 Å². The van der Waals surface area contributed by atoms with E-state index >= 15 is 0 Å². The first-order valence-corrected chi connectivity index (χ1v) is 12.4. The van der Waals surface area contributed by atoms with E-state index in [0.717, 1.165) is 17.0 Å². The lowest BCUT2D eigenvalue weighted by atomic mass is 10.2. The molecule has 0 fully saturated rings. The maximum Gasteiger partial charge on any atom is 0.262 e. The Labute approximate surface area is 201 Å². The van der Waals surface area contributed by atoms with Gasteiger partial charge in [0.1, 0.15) is 11.5 Å². The van der Waals surface area contributed by atoms with Crippen molar-refractivity contribution in [1.29, 1.82) is 0 Å². The van der Waals surface area contributed by atoms with E-state index in [-0.39, 0.29) is 4.90 Å². The van der Waals surface area contributed by atoms with Gasteiger partial charge in [-0.1, -0.05) is 12.1 Å². The molecule has 3 aromatic carbocycles. The van der Waals surface area contributed by atoms with E-state index < -0.39 is 15.9 Å². The second-order valence-corrected chi connectivity index (χ2v) is 9.59. The Balaban J connectivity index is 1.44. The number of carbonyl (C=O) groups excluding carboxylic acids is 1. The molecule has 8 nitrogen and oxygen atoms in total. The predicted molar refractivity (Wildman–Crippen MR) is 132 cm³/mol. The molecule has 0 unspecified atom stereocenters. The summed E-state index contributed by atoms with van der Waals surface area (Å²) in [6, 6.07) is 19.8. The maximum atomic E-state index is 12.7. The van der Waals surface area contributed by atoms with Crippen LogP contribution in [0.1, 0.15) is 10.4 Å². The monoisotopic (exact) mass is 495 g/mol. The zero-order valence-electron chi connectivity index (χ0n) is 18.3. The van der Waals surface area contributed by atoms with E-state index in [9.17, 15) is 13.2 Å². The van der Waals surface area contributed by atoms with Crippen LogP contribution in [0.15, 0.2) is 83.1 Å². The number of aromatic nitrogens is 1. The largest absolute Gasteiger partial charge is 0.497 e. The molecule has 0 aliphatic heterocycles. The molecule has 10 heteroatoms. The third kappa shape index (κ3) is 5.19. The van der Waals surface area contributed by atoms with Gasteiger partial charge in [0.05, 0.1) is 30.5 Å². The van der Waals surface area contributed by atoms with Crippen LogP contribution in [0.3, 0.4) is 0 Å². The van der Waals surface area contributed by atoms with Gasteiger partial charge in [-0.3, -0.25) is 14.8 Å². The van der Waals surface area contributed by atoms with Crippen molar-refractivity contribution < 1.29 is 22.7 Å². The van der Waals surface area contributed by atoms with Gasteiger partial charge in [-0.05, 0) is 60.7 Å². The summed E-state index contributed by atoms with van der Waals surface area (Å²) in [7, 11) is -0.798. The Kier molecular flexibility index (Phi) is 6.80. The molecule has 0 aliphatic rings. The normalized spacial score (nSPS) is 11.0. The van der Waals surface area contributed by atoms with Crippen LogP contribution in [0, 0.1) is 0 Å². The first kappa shape index (κ1) is 23.3. The molecule has 0 bridgehead atoms. The molecule has 0 saturated heterocycles. The van der Waals surface area contributed by atoms with Gasteiger partial charge in [-0.15, -0.1) is 11.3 Å². The number of anilines is 2. The van der Waals surface area contributed by atoms with Gasteiger partial charge < -0.3 is 9.47 Å². The molecule has 4 aromatic rings.